The van der Waals surface area contributed by atoms with Crippen molar-refractivity contribution in [2.45, 2.75) is 19.4 Å². The van der Waals surface area contributed by atoms with Crippen molar-refractivity contribution < 1.29 is 9.47 Å². The number of morpholine rings is 1. The van der Waals surface area contributed by atoms with Crippen LogP contribution >= 0.6 is 11.6 Å². The van der Waals surface area contributed by atoms with Crippen LogP contribution in [0.25, 0.3) is 0 Å². The molecule has 0 spiro atoms. The molecule has 6 heteroatoms. The zero-order chi connectivity index (χ0) is 16.1. The van der Waals surface area contributed by atoms with Gasteiger partial charge in [-0.1, -0.05) is 23.7 Å². The molecule has 1 aromatic carbocycles. The second kappa shape index (κ2) is 7.73. The van der Waals surface area contributed by atoms with Crippen molar-refractivity contribution in [3.8, 4) is 5.88 Å². The van der Waals surface area contributed by atoms with E-state index in [-0.39, 0.29) is 6.10 Å². The van der Waals surface area contributed by atoms with Gasteiger partial charge in [0, 0.05) is 42.4 Å². The third-order valence-electron chi connectivity index (χ3n) is 3.67. The van der Waals surface area contributed by atoms with Crippen LogP contribution in [0.4, 0.5) is 0 Å². The topological polar surface area (TPSA) is 56.3 Å². The molecule has 3 rings (SSSR count). The second-order valence-electron chi connectivity index (χ2n) is 5.34. The molecule has 2 heterocycles. The molecule has 0 amide bonds. The van der Waals surface area contributed by atoms with Gasteiger partial charge in [0.2, 0.25) is 5.88 Å². The predicted octanol–water partition coefficient (Wildman–Crippen LogP) is 2.78. The average Bonchev–Trinajstić information content (AvgIpc) is 2.56. The third kappa shape index (κ3) is 4.19. The molecule has 1 aliphatic heterocycles. The van der Waals surface area contributed by atoms with Gasteiger partial charge in [0.1, 0.15) is 5.82 Å². The van der Waals surface area contributed by atoms with Gasteiger partial charge in [0.15, 0.2) is 0 Å². The molecule has 2 aromatic rings. The Morgan fingerprint density at radius 2 is 2.30 bits per heavy atom. The molecular weight excluding hydrogens is 314 g/mol. The van der Waals surface area contributed by atoms with E-state index in [0.29, 0.717) is 25.5 Å². The Labute approximate surface area is 141 Å². The summed E-state index contributed by atoms with van der Waals surface area (Å²) < 4.78 is 11.2. The van der Waals surface area contributed by atoms with Crippen LogP contribution in [-0.4, -0.2) is 36.3 Å². The molecule has 23 heavy (non-hydrogen) atoms. The fraction of sp³-hybridized carbons (Fsp3) is 0.412. The van der Waals surface area contributed by atoms with Crippen LogP contribution in [0.2, 0.25) is 5.02 Å². The maximum atomic E-state index is 6.44. The number of aromatic nitrogens is 2. The fourth-order valence-electron chi connectivity index (χ4n) is 2.58. The molecule has 0 saturated carbocycles. The molecule has 1 saturated heterocycles. The second-order valence-corrected chi connectivity index (χ2v) is 5.75. The SMILES string of the molecule is CCOc1ccnc(Cc2ccc([C@@H]3CNCCO3)c(Cl)c2)n1. The summed E-state index contributed by atoms with van der Waals surface area (Å²) in [6.07, 6.45) is 2.35. The molecule has 1 N–H and O–H groups in total. The summed E-state index contributed by atoms with van der Waals surface area (Å²) in [5.41, 5.74) is 2.09. The van der Waals surface area contributed by atoms with E-state index in [2.05, 4.69) is 21.4 Å². The van der Waals surface area contributed by atoms with E-state index in [1.807, 2.05) is 19.1 Å². The standard InChI is InChI=1S/C17H20ClN3O2/c1-2-22-17-5-6-20-16(21-17)10-12-3-4-13(14(18)9-12)15-11-19-7-8-23-15/h3-6,9,15,19H,2,7-8,10-11H2,1H3/t15-/m0/s1. The van der Waals surface area contributed by atoms with Crippen LogP contribution in [0.5, 0.6) is 5.88 Å². The Hall–Kier alpha value is -1.69. The summed E-state index contributed by atoms with van der Waals surface area (Å²) in [6.45, 7) is 4.91. The molecule has 5 nitrogen and oxygen atoms in total. The van der Waals surface area contributed by atoms with Gasteiger partial charge in [0.05, 0.1) is 19.3 Å². The minimum Gasteiger partial charge on any atom is -0.478 e. The highest BCUT2D eigenvalue weighted by molar-refractivity contribution is 6.31. The lowest BCUT2D eigenvalue weighted by Gasteiger charge is -2.24. The van der Waals surface area contributed by atoms with Crippen molar-refractivity contribution in [3.63, 3.8) is 0 Å². The normalized spacial score (nSPS) is 17.9. The Balaban J connectivity index is 1.73. The Bertz CT molecular complexity index is 660. The summed E-state index contributed by atoms with van der Waals surface area (Å²) in [6, 6.07) is 7.81. The van der Waals surface area contributed by atoms with E-state index in [4.69, 9.17) is 21.1 Å². The molecule has 122 valence electrons. The fourth-order valence-corrected chi connectivity index (χ4v) is 2.91. The van der Waals surface area contributed by atoms with Crippen LogP contribution in [0.15, 0.2) is 30.5 Å². The number of rotatable bonds is 5. The highest BCUT2D eigenvalue weighted by Crippen LogP contribution is 2.28. The number of ether oxygens (including phenoxy) is 2. The number of nitrogens with zero attached hydrogens (tertiary/aromatic N) is 2. The third-order valence-corrected chi connectivity index (χ3v) is 4.00. The number of halogens is 1. The number of hydrogen-bond donors (Lipinski definition) is 1. The smallest absolute Gasteiger partial charge is 0.216 e. The van der Waals surface area contributed by atoms with E-state index in [1.165, 1.54) is 0 Å². The van der Waals surface area contributed by atoms with Crippen molar-refractivity contribution in [2.75, 3.05) is 26.3 Å². The molecule has 0 bridgehead atoms. The molecule has 1 aromatic heterocycles. The lowest BCUT2D eigenvalue weighted by molar-refractivity contribution is 0.0277. The van der Waals surface area contributed by atoms with Gasteiger partial charge < -0.3 is 14.8 Å². The van der Waals surface area contributed by atoms with Crippen LogP contribution in [0.3, 0.4) is 0 Å². The number of nitrogens with one attached hydrogen (secondary N) is 1. The van der Waals surface area contributed by atoms with Crippen molar-refractivity contribution in [2.24, 2.45) is 0 Å². The first-order valence-electron chi connectivity index (χ1n) is 7.81. The van der Waals surface area contributed by atoms with E-state index >= 15 is 0 Å². The van der Waals surface area contributed by atoms with E-state index in [1.54, 1.807) is 12.3 Å². The van der Waals surface area contributed by atoms with Crippen LogP contribution < -0.4 is 10.1 Å². The first-order chi connectivity index (χ1) is 11.3. The van der Waals surface area contributed by atoms with Gasteiger partial charge >= 0.3 is 0 Å². The number of benzene rings is 1. The maximum absolute atomic E-state index is 6.44. The lowest BCUT2D eigenvalue weighted by atomic mass is 10.0. The van der Waals surface area contributed by atoms with Crippen LogP contribution in [0, 0.1) is 0 Å². The quantitative estimate of drug-likeness (QED) is 0.911. The zero-order valence-electron chi connectivity index (χ0n) is 13.1. The largest absolute Gasteiger partial charge is 0.478 e. The van der Waals surface area contributed by atoms with Crippen molar-refractivity contribution in [1.82, 2.24) is 15.3 Å². The Morgan fingerprint density at radius 3 is 3.04 bits per heavy atom. The summed E-state index contributed by atoms with van der Waals surface area (Å²) in [7, 11) is 0. The summed E-state index contributed by atoms with van der Waals surface area (Å²) >= 11 is 6.44. The minimum absolute atomic E-state index is 0.0165. The maximum Gasteiger partial charge on any atom is 0.216 e. The first-order valence-corrected chi connectivity index (χ1v) is 8.19. The average molecular weight is 334 g/mol. The Kier molecular flexibility index (Phi) is 5.43. The molecule has 1 fully saturated rings. The first kappa shape index (κ1) is 16.2. The van der Waals surface area contributed by atoms with E-state index in [0.717, 1.165) is 35.1 Å². The predicted molar refractivity (Wildman–Crippen MR) is 89.0 cm³/mol. The van der Waals surface area contributed by atoms with E-state index < -0.39 is 0 Å². The number of hydrogen-bond acceptors (Lipinski definition) is 5. The molecule has 1 atom stereocenters. The molecular formula is C17H20ClN3O2. The Morgan fingerprint density at radius 1 is 1.39 bits per heavy atom. The van der Waals surface area contributed by atoms with Gasteiger partial charge in [0.25, 0.3) is 0 Å². The zero-order valence-corrected chi connectivity index (χ0v) is 13.8. The van der Waals surface area contributed by atoms with Crippen molar-refractivity contribution >= 4 is 11.6 Å². The van der Waals surface area contributed by atoms with Crippen molar-refractivity contribution in [3.05, 3.63) is 52.4 Å². The highest BCUT2D eigenvalue weighted by Gasteiger charge is 2.18. The molecule has 0 radical (unpaired) electrons. The van der Waals surface area contributed by atoms with Crippen LogP contribution in [0.1, 0.15) is 30.0 Å². The summed E-state index contributed by atoms with van der Waals surface area (Å²) in [5.74, 6) is 1.32. The van der Waals surface area contributed by atoms with Crippen molar-refractivity contribution in [1.29, 1.82) is 0 Å². The molecule has 0 unspecified atom stereocenters. The van der Waals surface area contributed by atoms with Gasteiger partial charge in [-0.05, 0) is 18.6 Å². The molecule has 1 aliphatic rings. The van der Waals surface area contributed by atoms with Gasteiger partial charge in [-0.15, -0.1) is 0 Å². The van der Waals surface area contributed by atoms with Crippen LogP contribution in [-0.2, 0) is 11.2 Å². The molecule has 0 aliphatic carbocycles. The van der Waals surface area contributed by atoms with Gasteiger partial charge in [-0.25, -0.2) is 4.98 Å². The summed E-state index contributed by atoms with van der Waals surface area (Å²) in [5, 5.41) is 4.04. The monoisotopic (exact) mass is 333 g/mol. The lowest BCUT2D eigenvalue weighted by Crippen LogP contribution is -2.33. The summed E-state index contributed by atoms with van der Waals surface area (Å²) in [4.78, 5) is 8.68. The minimum atomic E-state index is 0.0165. The van der Waals surface area contributed by atoms with Gasteiger partial charge in [-0.3, -0.25) is 0 Å². The van der Waals surface area contributed by atoms with Gasteiger partial charge in [-0.2, -0.15) is 4.98 Å². The van der Waals surface area contributed by atoms with E-state index in [9.17, 15) is 0 Å². The highest BCUT2D eigenvalue weighted by atomic mass is 35.5.